The first-order chi connectivity index (χ1) is 18.0. The van der Waals surface area contributed by atoms with Gasteiger partial charge in [0.1, 0.15) is 11.5 Å². The zero-order chi connectivity index (χ0) is 25.9. The molecule has 37 heavy (non-hydrogen) atoms. The van der Waals surface area contributed by atoms with Crippen LogP contribution in [0.25, 0.3) is 0 Å². The van der Waals surface area contributed by atoms with E-state index in [2.05, 4.69) is 5.32 Å². The average molecular weight is 497 g/mol. The van der Waals surface area contributed by atoms with Crippen LogP contribution >= 0.6 is 0 Å². The maximum absolute atomic E-state index is 14.0. The molecule has 0 bridgehead atoms. The number of Topliss-reactive ketones (excluding diaryl/α,β-unsaturated/α-hetero) is 1. The number of hydrogen-bond donors (Lipinski definition) is 1. The fourth-order valence-electron chi connectivity index (χ4n) is 5.44. The van der Waals surface area contributed by atoms with Gasteiger partial charge in [-0.05, 0) is 55.2 Å². The molecule has 0 aromatic heterocycles. The Bertz CT molecular complexity index is 1350. The van der Waals surface area contributed by atoms with Gasteiger partial charge in [0.15, 0.2) is 5.78 Å². The Balaban J connectivity index is 1.70. The fraction of sp³-hybridized carbons (Fsp3) is 0.290. The van der Waals surface area contributed by atoms with Gasteiger partial charge >= 0.3 is 0 Å². The van der Waals surface area contributed by atoms with E-state index in [1.165, 1.54) is 0 Å². The number of anilines is 2. The summed E-state index contributed by atoms with van der Waals surface area (Å²) in [5.74, 6) is 1.47. The summed E-state index contributed by atoms with van der Waals surface area (Å²) in [6, 6.07) is 22.8. The van der Waals surface area contributed by atoms with Crippen molar-refractivity contribution in [3.63, 3.8) is 0 Å². The van der Waals surface area contributed by atoms with E-state index in [9.17, 15) is 9.59 Å². The van der Waals surface area contributed by atoms with E-state index in [1.54, 1.807) is 12.0 Å². The Kier molecular flexibility index (Phi) is 6.99. The first kappa shape index (κ1) is 24.6. The van der Waals surface area contributed by atoms with Crippen molar-refractivity contribution < 1.29 is 19.1 Å². The predicted octanol–water partition coefficient (Wildman–Crippen LogP) is 6.40. The lowest BCUT2D eigenvalue weighted by Crippen LogP contribution is -2.38. The molecule has 0 fully saturated rings. The van der Waals surface area contributed by atoms with E-state index in [4.69, 9.17) is 9.47 Å². The number of para-hydroxylation sites is 3. The van der Waals surface area contributed by atoms with Gasteiger partial charge in [-0.2, -0.15) is 0 Å². The van der Waals surface area contributed by atoms with E-state index in [0.29, 0.717) is 37.2 Å². The van der Waals surface area contributed by atoms with Crippen LogP contribution in [0.5, 0.6) is 11.5 Å². The maximum atomic E-state index is 14.0. The lowest BCUT2D eigenvalue weighted by molar-refractivity contribution is -0.119. The number of fused-ring (bicyclic) bond motifs is 1. The molecule has 6 heteroatoms. The van der Waals surface area contributed by atoms with Crippen LogP contribution in [0.1, 0.15) is 56.2 Å². The standard InChI is InChI=1S/C31H32N2O4/c1-4-29(35)33-26-12-8-7-11-24(26)32-25-18-21(20-14-16-22(36-3)17-15-20)19-27(34)30(25)31(33)23-10-6-9-13-28(23)37-5-2/h6-17,21,31-32H,4-5,18-19H2,1-3H3/t21-,31-/m0/s1. The Morgan fingerprint density at radius 2 is 1.70 bits per heavy atom. The Morgan fingerprint density at radius 3 is 2.43 bits per heavy atom. The number of carbonyl (C=O) groups excluding carboxylic acids is 2. The average Bonchev–Trinajstić information content (AvgIpc) is 3.08. The maximum Gasteiger partial charge on any atom is 0.227 e. The van der Waals surface area contributed by atoms with Gasteiger partial charge in [-0.15, -0.1) is 0 Å². The van der Waals surface area contributed by atoms with Crippen molar-refractivity contribution in [1.82, 2.24) is 0 Å². The Morgan fingerprint density at radius 1 is 0.973 bits per heavy atom. The molecule has 0 radical (unpaired) electrons. The SMILES string of the molecule is CCOc1ccccc1[C@H]1C2=C(C[C@H](c3ccc(OC)cc3)CC2=O)Nc2ccccc2N1C(=O)CC. The molecule has 3 aromatic rings. The summed E-state index contributed by atoms with van der Waals surface area (Å²) in [6.45, 7) is 4.28. The topological polar surface area (TPSA) is 67.9 Å². The zero-order valence-electron chi connectivity index (χ0n) is 21.5. The number of amides is 1. The van der Waals surface area contributed by atoms with Gasteiger partial charge in [0, 0.05) is 29.7 Å². The second-order valence-electron chi connectivity index (χ2n) is 9.33. The smallest absolute Gasteiger partial charge is 0.227 e. The third kappa shape index (κ3) is 4.59. The molecule has 1 aliphatic heterocycles. The number of rotatable bonds is 6. The van der Waals surface area contributed by atoms with Crippen LogP contribution in [0, 0.1) is 0 Å². The van der Waals surface area contributed by atoms with Crippen LogP contribution in [0.2, 0.25) is 0 Å². The summed E-state index contributed by atoms with van der Waals surface area (Å²) in [4.78, 5) is 29.4. The molecule has 1 aliphatic carbocycles. The molecule has 2 atom stereocenters. The number of benzene rings is 3. The van der Waals surface area contributed by atoms with Crippen LogP contribution in [0.3, 0.4) is 0 Å². The highest BCUT2D eigenvalue weighted by Crippen LogP contribution is 2.49. The van der Waals surface area contributed by atoms with E-state index in [1.807, 2.05) is 86.6 Å². The lowest BCUT2D eigenvalue weighted by Gasteiger charge is -2.35. The third-order valence-corrected chi connectivity index (χ3v) is 7.16. The summed E-state index contributed by atoms with van der Waals surface area (Å²) >= 11 is 0. The first-order valence-corrected chi connectivity index (χ1v) is 12.9. The number of nitrogens with zero attached hydrogens (tertiary/aromatic N) is 1. The number of carbonyl (C=O) groups is 2. The number of hydrogen-bond acceptors (Lipinski definition) is 5. The van der Waals surface area contributed by atoms with Crippen LogP contribution in [0.15, 0.2) is 84.1 Å². The van der Waals surface area contributed by atoms with Crippen LogP contribution in [-0.2, 0) is 9.59 Å². The van der Waals surface area contributed by atoms with Crippen LogP contribution in [-0.4, -0.2) is 25.4 Å². The summed E-state index contributed by atoms with van der Waals surface area (Å²) in [5, 5.41) is 3.57. The fourth-order valence-corrected chi connectivity index (χ4v) is 5.44. The van der Waals surface area contributed by atoms with Crippen molar-refractivity contribution >= 4 is 23.1 Å². The van der Waals surface area contributed by atoms with Gasteiger partial charge in [-0.1, -0.05) is 49.4 Å². The van der Waals surface area contributed by atoms with Gasteiger partial charge in [0.2, 0.25) is 5.91 Å². The normalized spacial score (nSPS) is 18.9. The minimum atomic E-state index is -0.592. The van der Waals surface area contributed by atoms with Crippen molar-refractivity contribution in [2.75, 3.05) is 23.9 Å². The van der Waals surface area contributed by atoms with Crippen molar-refractivity contribution in [3.05, 3.63) is 95.2 Å². The van der Waals surface area contributed by atoms with Crippen molar-refractivity contribution in [2.24, 2.45) is 0 Å². The van der Waals surface area contributed by atoms with Gasteiger partial charge in [0.25, 0.3) is 0 Å². The molecule has 1 heterocycles. The number of ether oxygens (including phenoxy) is 2. The second kappa shape index (κ2) is 10.5. The highest BCUT2D eigenvalue weighted by molar-refractivity contribution is 6.06. The van der Waals surface area contributed by atoms with Crippen LogP contribution < -0.4 is 19.7 Å². The zero-order valence-corrected chi connectivity index (χ0v) is 21.5. The van der Waals surface area contributed by atoms with Crippen molar-refractivity contribution in [3.8, 4) is 11.5 Å². The molecule has 5 rings (SSSR count). The van der Waals surface area contributed by atoms with Gasteiger partial charge in [0.05, 0.1) is 31.1 Å². The number of allylic oxidation sites excluding steroid dienone is 1. The quantitative estimate of drug-likeness (QED) is 0.427. The highest BCUT2D eigenvalue weighted by Gasteiger charge is 2.42. The van der Waals surface area contributed by atoms with E-state index >= 15 is 0 Å². The molecule has 0 spiro atoms. The van der Waals surface area contributed by atoms with Gasteiger partial charge in [-0.25, -0.2) is 0 Å². The predicted molar refractivity (Wildman–Crippen MR) is 145 cm³/mol. The molecule has 6 nitrogen and oxygen atoms in total. The summed E-state index contributed by atoms with van der Waals surface area (Å²) in [7, 11) is 1.65. The molecular weight excluding hydrogens is 464 g/mol. The molecule has 190 valence electrons. The van der Waals surface area contributed by atoms with Gasteiger partial charge in [-0.3, -0.25) is 14.5 Å². The summed E-state index contributed by atoms with van der Waals surface area (Å²) in [6.07, 6.45) is 1.33. The van der Waals surface area contributed by atoms with Crippen LogP contribution in [0.4, 0.5) is 11.4 Å². The monoisotopic (exact) mass is 496 g/mol. The van der Waals surface area contributed by atoms with E-state index in [-0.39, 0.29) is 17.6 Å². The second-order valence-corrected chi connectivity index (χ2v) is 9.33. The first-order valence-electron chi connectivity index (χ1n) is 12.9. The molecule has 3 aromatic carbocycles. The minimum Gasteiger partial charge on any atom is -0.497 e. The Labute approximate surface area is 217 Å². The minimum absolute atomic E-state index is 0.0213. The van der Waals surface area contributed by atoms with Gasteiger partial charge < -0.3 is 14.8 Å². The highest BCUT2D eigenvalue weighted by atomic mass is 16.5. The number of ketones is 1. The third-order valence-electron chi connectivity index (χ3n) is 7.16. The molecule has 0 unspecified atom stereocenters. The Hall–Kier alpha value is -4.06. The molecule has 2 aliphatic rings. The lowest BCUT2D eigenvalue weighted by atomic mass is 9.78. The summed E-state index contributed by atoms with van der Waals surface area (Å²) in [5.41, 5.74) is 4.97. The largest absolute Gasteiger partial charge is 0.497 e. The van der Waals surface area contributed by atoms with E-state index in [0.717, 1.165) is 33.9 Å². The van der Waals surface area contributed by atoms with E-state index < -0.39 is 6.04 Å². The number of methoxy groups -OCH3 is 1. The number of nitrogens with one attached hydrogen (secondary N) is 1. The molecular formula is C31H32N2O4. The van der Waals surface area contributed by atoms with Crippen molar-refractivity contribution in [1.29, 1.82) is 0 Å². The molecule has 1 N–H and O–H groups in total. The summed E-state index contributed by atoms with van der Waals surface area (Å²) < 4.78 is 11.3. The molecule has 0 saturated carbocycles. The molecule has 0 saturated heterocycles. The van der Waals surface area contributed by atoms with Crippen molar-refractivity contribution in [2.45, 2.75) is 45.1 Å². The molecule has 1 amide bonds.